The van der Waals surface area contributed by atoms with Gasteiger partial charge in [0.25, 0.3) is 0 Å². The van der Waals surface area contributed by atoms with Crippen LogP contribution in [-0.2, 0) is 5.54 Å². The van der Waals surface area contributed by atoms with Crippen LogP contribution in [0.15, 0.2) is 24.3 Å². The minimum absolute atomic E-state index is 0.467. The van der Waals surface area contributed by atoms with Gasteiger partial charge in [0.2, 0.25) is 5.88 Å². The van der Waals surface area contributed by atoms with Crippen LogP contribution in [0.2, 0.25) is 5.02 Å². The Hall–Kier alpha value is -1.32. The molecule has 3 nitrogen and oxygen atoms in total. The molecule has 0 saturated heterocycles. The first-order chi connectivity index (χ1) is 7.93. The van der Waals surface area contributed by atoms with E-state index in [9.17, 15) is 0 Å². The molecule has 0 radical (unpaired) electrons. The van der Waals surface area contributed by atoms with Gasteiger partial charge in [-0.15, -0.1) is 0 Å². The molecule has 0 unspecified atom stereocenters. The van der Waals surface area contributed by atoms with Gasteiger partial charge in [0.15, 0.2) is 0 Å². The second-order valence-electron chi connectivity index (χ2n) is 4.57. The molecule has 0 aliphatic rings. The monoisotopic (exact) mass is 250 g/mol. The average molecular weight is 251 g/mol. The summed E-state index contributed by atoms with van der Waals surface area (Å²) in [5.41, 5.74) is 7.33. The lowest BCUT2D eigenvalue weighted by Gasteiger charge is -2.21. The van der Waals surface area contributed by atoms with Crippen LogP contribution < -0.4 is 10.5 Å². The van der Waals surface area contributed by atoms with Gasteiger partial charge in [-0.25, -0.2) is 4.98 Å². The lowest BCUT2D eigenvalue weighted by atomic mass is 9.94. The number of halogens is 1. The molecule has 0 aliphatic heterocycles. The lowest BCUT2D eigenvalue weighted by Crippen LogP contribution is -2.29. The number of nitrogens with two attached hydrogens (primary N) is 1. The SMILES string of the molecule is COc1ccc2c(Cl)c(C(C)(C)N)ccc2n1. The number of benzene rings is 1. The van der Waals surface area contributed by atoms with Crippen LogP contribution in [0.4, 0.5) is 0 Å². The van der Waals surface area contributed by atoms with Gasteiger partial charge in [-0.05, 0) is 31.5 Å². The number of pyridine rings is 1. The summed E-state index contributed by atoms with van der Waals surface area (Å²) in [7, 11) is 1.59. The van der Waals surface area contributed by atoms with E-state index in [1.54, 1.807) is 13.2 Å². The number of hydrogen-bond acceptors (Lipinski definition) is 3. The molecule has 1 aromatic carbocycles. The fraction of sp³-hybridized carbons (Fsp3) is 0.308. The van der Waals surface area contributed by atoms with Crippen molar-refractivity contribution in [3.05, 3.63) is 34.9 Å². The molecule has 0 bridgehead atoms. The van der Waals surface area contributed by atoms with Gasteiger partial charge in [-0.1, -0.05) is 17.7 Å². The standard InChI is InChI=1S/C13H15ClN2O/c1-13(2,15)9-5-6-10-8(12(9)14)4-7-11(16-10)17-3/h4-7H,15H2,1-3H3. The quantitative estimate of drug-likeness (QED) is 0.891. The maximum absolute atomic E-state index is 6.36. The van der Waals surface area contributed by atoms with Gasteiger partial charge in [0.05, 0.1) is 17.6 Å². The van der Waals surface area contributed by atoms with Crippen molar-refractivity contribution < 1.29 is 4.74 Å². The number of nitrogens with zero attached hydrogens (tertiary/aromatic N) is 1. The van der Waals surface area contributed by atoms with Gasteiger partial charge in [-0.2, -0.15) is 0 Å². The zero-order chi connectivity index (χ0) is 12.6. The highest BCUT2D eigenvalue weighted by atomic mass is 35.5. The number of methoxy groups -OCH3 is 1. The Morgan fingerprint density at radius 2 is 1.94 bits per heavy atom. The molecule has 0 amide bonds. The van der Waals surface area contributed by atoms with Crippen LogP contribution >= 0.6 is 11.6 Å². The van der Waals surface area contributed by atoms with Crippen molar-refractivity contribution in [1.82, 2.24) is 4.98 Å². The molecule has 0 atom stereocenters. The van der Waals surface area contributed by atoms with Crippen molar-refractivity contribution in [2.45, 2.75) is 19.4 Å². The molecule has 0 aliphatic carbocycles. The third kappa shape index (κ3) is 2.21. The molecule has 17 heavy (non-hydrogen) atoms. The molecule has 1 heterocycles. The Labute approximate surface area is 106 Å². The molecule has 0 fully saturated rings. The molecule has 1 aromatic heterocycles. The van der Waals surface area contributed by atoms with Crippen LogP contribution in [-0.4, -0.2) is 12.1 Å². The predicted octanol–water partition coefficient (Wildman–Crippen LogP) is 3.09. The van der Waals surface area contributed by atoms with Gasteiger partial charge < -0.3 is 10.5 Å². The largest absolute Gasteiger partial charge is 0.481 e. The van der Waals surface area contributed by atoms with Crippen molar-refractivity contribution in [3.8, 4) is 5.88 Å². The summed E-state index contributed by atoms with van der Waals surface area (Å²) in [6, 6.07) is 7.52. The summed E-state index contributed by atoms with van der Waals surface area (Å²) in [6.45, 7) is 3.86. The van der Waals surface area contributed by atoms with Crippen molar-refractivity contribution in [2.24, 2.45) is 5.73 Å². The van der Waals surface area contributed by atoms with Gasteiger partial charge in [-0.3, -0.25) is 0 Å². The Morgan fingerprint density at radius 3 is 2.53 bits per heavy atom. The Morgan fingerprint density at radius 1 is 1.24 bits per heavy atom. The molecular weight excluding hydrogens is 236 g/mol. The Kier molecular flexibility index (Phi) is 2.98. The summed E-state index contributed by atoms with van der Waals surface area (Å²) < 4.78 is 5.08. The summed E-state index contributed by atoms with van der Waals surface area (Å²) in [4.78, 5) is 4.33. The molecule has 0 spiro atoms. The maximum atomic E-state index is 6.36. The number of ether oxygens (including phenoxy) is 1. The van der Waals surface area contributed by atoms with Crippen LogP contribution in [0.3, 0.4) is 0 Å². The van der Waals surface area contributed by atoms with Gasteiger partial charge in [0.1, 0.15) is 0 Å². The first-order valence-electron chi connectivity index (χ1n) is 5.36. The highest BCUT2D eigenvalue weighted by Gasteiger charge is 2.19. The zero-order valence-electron chi connectivity index (χ0n) is 10.1. The van der Waals surface area contributed by atoms with E-state index < -0.39 is 5.54 Å². The molecule has 2 rings (SSSR count). The third-order valence-electron chi connectivity index (χ3n) is 2.68. The second-order valence-corrected chi connectivity index (χ2v) is 4.95. The summed E-state index contributed by atoms with van der Waals surface area (Å²) >= 11 is 6.36. The van der Waals surface area contributed by atoms with E-state index >= 15 is 0 Å². The van der Waals surface area contributed by atoms with Gasteiger partial charge in [0, 0.05) is 17.0 Å². The van der Waals surface area contributed by atoms with Crippen molar-refractivity contribution >= 4 is 22.5 Å². The van der Waals surface area contributed by atoms with Crippen molar-refractivity contribution in [2.75, 3.05) is 7.11 Å². The van der Waals surface area contributed by atoms with Crippen molar-refractivity contribution in [3.63, 3.8) is 0 Å². The fourth-order valence-corrected chi connectivity index (χ4v) is 2.23. The summed E-state index contributed by atoms with van der Waals surface area (Å²) in [5, 5.41) is 1.55. The minimum atomic E-state index is -0.467. The third-order valence-corrected chi connectivity index (χ3v) is 3.09. The highest BCUT2D eigenvalue weighted by Crippen LogP contribution is 2.32. The van der Waals surface area contributed by atoms with E-state index in [2.05, 4.69) is 4.98 Å². The van der Waals surface area contributed by atoms with E-state index in [-0.39, 0.29) is 0 Å². The van der Waals surface area contributed by atoms with E-state index in [1.807, 2.05) is 32.0 Å². The fourth-order valence-electron chi connectivity index (χ4n) is 1.76. The smallest absolute Gasteiger partial charge is 0.213 e. The van der Waals surface area contributed by atoms with Crippen LogP contribution in [0.5, 0.6) is 5.88 Å². The number of fused-ring (bicyclic) bond motifs is 1. The minimum Gasteiger partial charge on any atom is -0.481 e. The molecule has 90 valence electrons. The summed E-state index contributed by atoms with van der Waals surface area (Å²) in [6.07, 6.45) is 0. The van der Waals surface area contributed by atoms with Crippen molar-refractivity contribution in [1.29, 1.82) is 0 Å². The van der Waals surface area contributed by atoms with E-state index in [1.165, 1.54) is 0 Å². The topological polar surface area (TPSA) is 48.1 Å². The molecule has 0 saturated carbocycles. The van der Waals surface area contributed by atoms with E-state index in [4.69, 9.17) is 22.1 Å². The molecule has 2 N–H and O–H groups in total. The zero-order valence-corrected chi connectivity index (χ0v) is 10.9. The predicted molar refractivity (Wildman–Crippen MR) is 70.5 cm³/mol. The number of rotatable bonds is 2. The second kappa shape index (κ2) is 4.17. The van der Waals surface area contributed by atoms with E-state index in [0.717, 1.165) is 16.5 Å². The van der Waals surface area contributed by atoms with Crippen LogP contribution in [0.1, 0.15) is 19.4 Å². The average Bonchev–Trinajstić information content (AvgIpc) is 2.27. The highest BCUT2D eigenvalue weighted by molar-refractivity contribution is 6.36. The van der Waals surface area contributed by atoms with Crippen LogP contribution in [0.25, 0.3) is 10.9 Å². The van der Waals surface area contributed by atoms with Gasteiger partial charge >= 0.3 is 0 Å². The lowest BCUT2D eigenvalue weighted by molar-refractivity contribution is 0.399. The number of hydrogen-bond donors (Lipinski definition) is 1. The molecular formula is C13H15ClN2O. The Bertz CT molecular complexity index is 561. The first-order valence-corrected chi connectivity index (χ1v) is 5.74. The van der Waals surface area contributed by atoms with E-state index in [0.29, 0.717) is 10.9 Å². The van der Waals surface area contributed by atoms with Crippen LogP contribution in [0, 0.1) is 0 Å². The Balaban J connectivity index is 2.69. The summed E-state index contributed by atoms with van der Waals surface area (Å²) in [5.74, 6) is 0.577. The number of aromatic nitrogens is 1. The molecule has 4 heteroatoms. The first kappa shape index (κ1) is 12.1. The normalized spacial score (nSPS) is 11.8. The maximum Gasteiger partial charge on any atom is 0.213 e. The molecule has 2 aromatic rings.